The molecule has 0 saturated heterocycles. The lowest BCUT2D eigenvalue weighted by Crippen LogP contribution is -2.17. The third-order valence-corrected chi connectivity index (χ3v) is 15.4. The van der Waals surface area contributed by atoms with Crippen LogP contribution in [0.15, 0.2) is 170 Å². The number of fused-ring (bicyclic) bond motifs is 7. The highest BCUT2D eigenvalue weighted by Gasteiger charge is 2.37. The molecule has 2 fully saturated rings. The van der Waals surface area contributed by atoms with E-state index in [1.807, 2.05) is 0 Å². The van der Waals surface area contributed by atoms with Crippen molar-refractivity contribution >= 4 is 49.6 Å². The number of nitrogens with zero attached hydrogens (tertiary/aromatic N) is 2. The Hall–Kier alpha value is -6.38. The highest BCUT2D eigenvalue weighted by Crippen LogP contribution is 2.53. The molecule has 0 amide bonds. The van der Waals surface area contributed by atoms with E-state index in [0.29, 0.717) is 11.8 Å². The largest absolute Gasteiger partial charge is 0.310 e. The Kier molecular flexibility index (Phi) is 9.40. The first kappa shape index (κ1) is 38.3. The molecule has 2 heteroatoms. The molecule has 0 bridgehead atoms. The number of hydrogen-bond donors (Lipinski definition) is 0. The van der Waals surface area contributed by atoms with E-state index in [-0.39, 0.29) is 5.41 Å². The summed E-state index contributed by atoms with van der Waals surface area (Å²) in [4.78, 5) is 2.55. The van der Waals surface area contributed by atoms with E-state index in [2.05, 4.69) is 193 Å². The average Bonchev–Trinajstić information content (AvgIpc) is 3.79. The summed E-state index contributed by atoms with van der Waals surface area (Å²) in [5, 5.41) is 5.12. The summed E-state index contributed by atoms with van der Waals surface area (Å²) in [5.41, 5.74) is 18.2. The normalized spacial score (nSPS) is 16.4. The predicted molar refractivity (Wildman–Crippen MR) is 268 cm³/mol. The summed E-state index contributed by atoms with van der Waals surface area (Å²) in [5.74, 6) is 1.32. The molecule has 63 heavy (non-hydrogen) atoms. The molecule has 1 aromatic heterocycles. The van der Waals surface area contributed by atoms with E-state index in [4.69, 9.17) is 0 Å². The summed E-state index contributed by atoms with van der Waals surface area (Å²) in [7, 11) is 0. The fourth-order valence-electron chi connectivity index (χ4n) is 12.1. The maximum atomic E-state index is 2.58. The van der Waals surface area contributed by atoms with Crippen LogP contribution in [0.2, 0.25) is 0 Å². The van der Waals surface area contributed by atoms with Crippen LogP contribution in [0.5, 0.6) is 0 Å². The Bertz CT molecular complexity index is 3170. The number of para-hydroxylation sites is 2. The van der Waals surface area contributed by atoms with Crippen molar-refractivity contribution in [1.82, 2.24) is 4.57 Å². The fourth-order valence-corrected chi connectivity index (χ4v) is 12.1. The van der Waals surface area contributed by atoms with E-state index in [1.54, 1.807) is 0 Å². The van der Waals surface area contributed by atoms with Crippen LogP contribution in [0.25, 0.3) is 60.5 Å². The van der Waals surface area contributed by atoms with Crippen molar-refractivity contribution in [3.63, 3.8) is 0 Å². The number of aromatic nitrogens is 1. The zero-order valence-electron chi connectivity index (χ0n) is 36.8. The quantitative estimate of drug-likeness (QED) is 0.156. The van der Waals surface area contributed by atoms with Crippen molar-refractivity contribution in [3.8, 4) is 27.9 Å². The molecule has 2 saturated carbocycles. The summed E-state index contributed by atoms with van der Waals surface area (Å²) >= 11 is 0. The van der Waals surface area contributed by atoms with Gasteiger partial charge in [-0.05, 0) is 136 Å². The summed E-state index contributed by atoms with van der Waals surface area (Å²) in [6, 6.07) is 65.0. The molecule has 0 spiro atoms. The average molecular weight is 817 g/mol. The highest BCUT2D eigenvalue weighted by molar-refractivity contribution is 6.11. The number of anilines is 3. The van der Waals surface area contributed by atoms with Crippen LogP contribution in [-0.2, 0) is 5.41 Å². The van der Waals surface area contributed by atoms with Crippen molar-refractivity contribution in [1.29, 1.82) is 0 Å². The lowest BCUT2D eigenvalue weighted by atomic mass is 9.79. The van der Waals surface area contributed by atoms with Crippen molar-refractivity contribution in [2.75, 3.05) is 4.90 Å². The first-order valence-electron chi connectivity index (χ1n) is 23.8. The van der Waals surface area contributed by atoms with Crippen LogP contribution in [0.3, 0.4) is 0 Å². The molecule has 0 N–H and O–H groups in total. The molecule has 0 aliphatic heterocycles. The molecule has 0 unspecified atom stereocenters. The van der Waals surface area contributed by atoms with Gasteiger partial charge >= 0.3 is 0 Å². The fraction of sp³-hybridized carbons (Fsp3) is 0.246. The van der Waals surface area contributed by atoms with Crippen molar-refractivity contribution in [3.05, 3.63) is 192 Å². The Labute approximate surface area is 372 Å². The maximum absolute atomic E-state index is 2.58. The number of benzene rings is 8. The van der Waals surface area contributed by atoms with E-state index < -0.39 is 0 Å². The van der Waals surface area contributed by atoms with Gasteiger partial charge in [0.05, 0.1) is 16.7 Å². The minimum absolute atomic E-state index is 0.133. The smallest absolute Gasteiger partial charge is 0.0561 e. The van der Waals surface area contributed by atoms with Gasteiger partial charge in [0.25, 0.3) is 0 Å². The minimum Gasteiger partial charge on any atom is -0.310 e. The lowest BCUT2D eigenvalue weighted by molar-refractivity contribution is 0.443. The Balaban J connectivity index is 1.07. The predicted octanol–water partition coefficient (Wildman–Crippen LogP) is 17.5. The van der Waals surface area contributed by atoms with Gasteiger partial charge in [-0.15, -0.1) is 0 Å². The van der Waals surface area contributed by atoms with E-state index in [0.717, 1.165) is 5.69 Å². The minimum atomic E-state index is -0.133. The van der Waals surface area contributed by atoms with E-state index >= 15 is 0 Å². The van der Waals surface area contributed by atoms with E-state index in [9.17, 15) is 0 Å². The van der Waals surface area contributed by atoms with Crippen LogP contribution in [-0.4, -0.2) is 4.57 Å². The van der Waals surface area contributed by atoms with Crippen molar-refractivity contribution in [2.24, 2.45) is 0 Å². The first-order chi connectivity index (χ1) is 31.0. The molecule has 2 nitrogen and oxygen atoms in total. The zero-order valence-corrected chi connectivity index (χ0v) is 36.8. The molecule has 0 radical (unpaired) electrons. The molecule has 8 aromatic carbocycles. The van der Waals surface area contributed by atoms with Gasteiger partial charge in [-0.3, -0.25) is 0 Å². The second kappa shape index (κ2) is 15.5. The van der Waals surface area contributed by atoms with Crippen molar-refractivity contribution in [2.45, 2.75) is 95.3 Å². The zero-order chi connectivity index (χ0) is 42.1. The molecular formula is C61H56N2. The van der Waals surface area contributed by atoms with Crippen LogP contribution < -0.4 is 4.90 Å². The molecule has 1 heterocycles. The third kappa shape index (κ3) is 6.44. The monoisotopic (exact) mass is 816 g/mol. The molecule has 9 aromatic rings. The SMILES string of the molecule is CC1(C)c2cc(C3CCCCC3)ccc2-c2ccc(N(c3ccc4c5ccc(C6CCCCC6)cc5n(-c5ccccc5)c4c3)c3ccccc3-c3cccc4ccccc34)cc21. The second-order valence-electron chi connectivity index (χ2n) is 19.4. The van der Waals surface area contributed by atoms with Crippen LogP contribution in [0.4, 0.5) is 17.1 Å². The molecule has 3 aliphatic carbocycles. The second-order valence-corrected chi connectivity index (χ2v) is 19.4. The topological polar surface area (TPSA) is 8.17 Å². The van der Waals surface area contributed by atoms with Gasteiger partial charge < -0.3 is 9.47 Å². The highest BCUT2D eigenvalue weighted by atomic mass is 15.1. The Morgan fingerprint density at radius 1 is 0.429 bits per heavy atom. The maximum Gasteiger partial charge on any atom is 0.0561 e. The van der Waals surface area contributed by atoms with Gasteiger partial charge in [0.15, 0.2) is 0 Å². The summed E-state index contributed by atoms with van der Waals surface area (Å²) < 4.78 is 2.53. The van der Waals surface area contributed by atoms with Gasteiger partial charge in [-0.1, -0.05) is 174 Å². The van der Waals surface area contributed by atoms with Crippen molar-refractivity contribution < 1.29 is 0 Å². The molecule has 12 rings (SSSR count). The third-order valence-electron chi connectivity index (χ3n) is 15.4. The first-order valence-corrected chi connectivity index (χ1v) is 23.8. The standard InChI is InChI=1S/C61H56N2/c1-61(2)56-37-44(41-17-6-3-7-18-41)29-33-51(56)52-35-31-47(39-57(52)61)62(58-28-15-14-26-53(58)50-27-16-22-43-21-12-13-25-49(43)50)48-32-36-55-54-34-30-45(42-19-8-4-9-20-42)38-59(54)63(60(55)40-48)46-23-10-5-11-24-46/h5,10-16,21-42H,3-4,6-9,17-20H2,1-2H3. The molecule has 0 atom stereocenters. The number of hydrogen-bond acceptors (Lipinski definition) is 1. The molecule has 310 valence electrons. The Morgan fingerprint density at radius 3 is 1.76 bits per heavy atom. The Morgan fingerprint density at radius 2 is 0.984 bits per heavy atom. The van der Waals surface area contributed by atoms with Gasteiger partial charge in [0.2, 0.25) is 0 Å². The van der Waals surface area contributed by atoms with Gasteiger partial charge in [-0.25, -0.2) is 0 Å². The summed E-state index contributed by atoms with van der Waals surface area (Å²) in [6.07, 6.45) is 13.3. The molecule has 3 aliphatic rings. The lowest BCUT2D eigenvalue weighted by Gasteiger charge is -2.30. The van der Waals surface area contributed by atoms with Crippen LogP contribution in [0, 0.1) is 0 Å². The summed E-state index contributed by atoms with van der Waals surface area (Å²) in [6.45, 7) is 4.90. The van der Waals surface area contributed by atoms with Gasteiger partial charge in [-0.2, -0.15) is 0 Å². The molecular weight excluding hydrogens is 761 g/mol. The van der Waals surface area contributed by atoms with E-state index in [1.165, 1.54) is 158 Å². The van der Waals surface area contributed by atoms with Crippen LogP contribution in [0.1, 0.15) is 112 Å². The number of rotatable bonds is 7. The van der Waals surface area contributed by atoms with Crippen LogP contribution >= 0.6 is 0 Å². The van der Waals surface area contributed by atoms with Gasteiger partial charge in [0, 0.05) is 38.8 Å². The van der Waals surface area contributed by atoms with Gasteiger partial charge in [0.1, 0.15) is 0 Å².